The number of fused-ring (bicyclic) bond motifs is 3. The lowest BCUT2D eigenvalue weighted by Gasteiger charge is -2.16. The molecule has 0 N–H and O–H groups in total. The van der Waals surface area contributed by atoms with Crippen LogP contribution in [-0.4, -0.2) is 0 Å². The highest BCUT2D eigenvalue weighted by molar-refractivity contribution is 5.74. The Morgan fingerprint density at radius 2 is 1.83 bits per heavy atom. The van der Waals surface area contributed by atoms with Gasteiger partial charge in [0.15, 0.2) is 0 Å². The highest BCUT2D eigenvalue weighted by atomic mass is 16.5. The van der Waals surface area contributed by atoms with E-state index in [1.54, 1.807) is 0 Å². The summed E-state index contributed by atoms with van der Waals surface area (Å²) in [6, 6.07) is 18.6. The number of para-hydroxylation sites is 1. The normalized spacial score (nSPS) is 18.9. The molecule has 0 radical (unpaired) electrons. The molecule has 24 heavy (non-hydrogen) atoms. The molecule has 0 saturated carbocycles. The van der Waals surface area contributed by atoms with Crippen molar-refractivity contribution >= 4 is 5.57 Å². The van der Waals surface area contributed by atoms with Crippen LogP contribution in [0.1, 0.15) is 30.4 Å². The molecule has 2 aromatic carbocycles. The van der Waals surface area contributed by atoms with Crippen molar-refractivity contribution in [1.82, 2.24) is 0 Å². The molecule has 1 unspecified atom stereocenters. The largest absolute Gasteiger partial charge is 0.461 e. The van der Waals surface area contributed by atoms with Crippen LogP contribution in [0.5, 0.6) is 5.75 Å². The Kier molecular flexibility index (Phi) is 3.70. The van der Waals surface area contributed by atoms with Crippen molar-refractivity contribution in [1.29, 1.82) is 0 Å². The second-order valence-electron chi connectivity index (χ2n) is 6.35. The minimum atomic E-state index is 0.370. The maximum Gasteiger partial charge on any atom is 0.130 e. The van der Waals surface area contributed by atoms with Gasteiger partial charge in [0.05, 0.1) is 0 Å². The third kappa shape index (κ3) is 2.63. The molecule has 0 spiro atoms. The van der Waals surface area contributed by atoms with E-state index < -0.39 is 0 Å². The third-order valence-electron chi connectivity index (χ3n) is 4.73. The fraction of sp³-hybridized carbons (Fsp3) is 0.130. The molecule has 1 aliphatic carbocycles. The predicted molar refractivity (Wildman–Crippen MR) is 99.8 cm³/mol. The summed E-state index contributed by atoms with van der Waals surface area (Å²) in [6.45, 7) is 6.34. The van der Waals surface area contributed by atoms with E-state index in [0.717, 1.165) is 29.1 Å². The first-order valence-electron chi connectivity index (χ1n) is 8.34. The van der Waals surface area contributed by atoms with Crippen molar-refractivity contribution in [2.75, 3.05) is 0 Å². The zero-order valence-electron chi connectivity index (χ0n) is 13.8. The van der Waals surface area contributed by atoms with Crippen molar-refractivity contribution in [3.05, 3.63) is 107 Å². The quantitative estimate of drug-likeness (QED) is 0.628. The lowest BCUT2D eigenvalue weighted by molar-refractivity contribution is 0.424. The molecule has 1 nitrogen and oxygen atoms in total. The van der Waals surface area contributed by atoms with Crippen LogP contribution < -0.4 is 4.74 Å². The van der Waals surface area contributed by atoms with Crippen LogP contribution in [-0.2, 0) is 0 Å². The van der Waals surface area contributed by atoms with Gasteiger partial charge in [-0.1, -0.05) is 67.3 Å². The van der Waals surface area contributed by atoms with E-state index in [1.807, 2.05) is 30.3 Å². The Bertz CT molecular complexity index is 881. The first kappa shape index (κ1) is 14.8. The van der Waals surface area contributed by atoms with Crippen molar-refractivity contribution in [2.45, 2.75) is 19.3 Å². The van der Waals surface area contributed by atoms with E-state index in [0.29, 0.717) is 5.92 Å². The van der Waals surface area contributed by atoms with E-state index in [4.69, 9.17) is 4.74 Å². The van der Waals surface area contributed by atoms with Crippen LogP contribution in [0.15, 0.2) is 96.3 Å². The van der Waals surface area contributed by atoms with E-state index >= 15 is 0 Å². The van der Waals surface area contributed by atoms with Gasteiger partial charge in [0, 0.05) is 11.5 Å². The van der Waals surface area contributed by atoms with Crippen molar-refractivity contribution in [3.63, 3.8) is 0 Å². The Balaban J connectivity index is 1.58. The maximum atomic E-state index is 6.05. The standard InChI is InChI=1S/C23H20O/c1-16(18-8-4-3-5-9-18)14-17(2)19-12-13-21-20-10-6-7-11-22(20)24-23(21)15-19/h3-12,14-15,21H,1,13H2,2H3/b17-14+. The SMILES string of the molecule is C=C(/C=C(\C)C1=CCC2C(=C1)Oc1ccccc12)c1ccccc1. The first-order chi connectivity index (χ1) is 11.7. The smallest absolute Gasteiger partial charge is 0.130 e. The van der Waals surface area contributed by atoms with Gasteiger partial charge in [-0.2, -0.15) is 0 Å². The third-order valence-corrected chi connectivity index (χ3v) is 4.73. The summed E-state index contributed by atoms with van der Waals surface area (Å²) in [7, 11) is 0. The maximum absolute atomic E-state index is 6.05. The molecule has 0 fully saturated rings. The topological polar surface area (TPSA) is 9.23 Å². The summed E-state index contributed by atoms with van der Waals surface area (Å²) in [5.41, 5.74) is 5.93. The van der Waals surface area contributed by atoms with Crippen LogP contribution in [0.4, 0.5) is 0 Å². The van der Waals surface area contributed by atoms with Crippen LogP contribution >= 0.6 is 0 Å². The molecule has 118 valence electrons. The van der Waals surface area contributed by atoms with Gasteiger partial charge in [0.25, 0.3) is 0 Å². The van der Waals surface area contributed by atoms with E-state index in [-0.39, 0.29) is 0 Å². The van der Waals surface area contributed by atoms with Gasteiger partial charge < -0.3 is 4.74 Å². The summed E-state index contributed by atoms with van der Waals surface area (Å²) < 4.78 is 6.05. The molecule has 0 aromatic heterocycles. The summed E-state index contributed by atoms with van der Waals surface area (Å²) in [4.78, 5) is 0. The zero-order chi connectivity index (χ0) is 16.5. The van der Waals surface area contributed by atoms with Gasteiger partial charge in [-0.05, 0) is 47.8 Å². The number of rotatable bonds is 3. The lowest BCUT2D eigenvalue weighted by Crippen LogP contribution is -2.04. The van der Waals surface area contributed by atoms with Gasteiger partial charge in [0.1, 0.15) is 11.5 Å². The van der Waals surface area contributed by atoms with Crippen molar-refractivity contribution in [2.24, 2.45) is 0 Å². The summed E-state index contributed by atoms with van der Waals surface area (Å²) >= 11 is 0. The number of hydrogen-bond donors (Lipinski definition) is 0. The van der Waals surface area contributed by atoms with Crippen molar-refractivity contribution in [3.8, 4) is 5.75 Å². The highest BCUT2D eigenvalue weighted by Gasteiger charge is 2.30. The second-order valence-corrected chi connectivity index (χ2v) is 6.35. The average Bonchev–Trinajstić information content (AvgIpc) is 3.00. The Morgan fingerprint density at radius 3 is 2.67 bits per heavy atom. The van der Waals surface area contributed by atoms with E-state index in [2.05, 4.69) is 56.0 Å². The van der Waals surface area contributed by atoms with Gasteiger partial charge in [0.2, 0.25) is 0 Å². The molecule has 1 heterocycles. The van der Waals surface area contributed by atoms with Crippen LogP contribution in [0.3, 0.4) is 0 Å². The van der Waals surface area contributed by atoms with E-state index in [9.17, 15) is 0 Å². The monoisotopic (exact) mass is 312 g/mol. The van der Waals surface area contributed by atoms with Crippen molar-refractivity contribution < 1.29 is 4.74 Å². The van der Waals surface area contributed by atoms with Crippen LogP contribution in [0.2, 0.25) is 0 Å². The molecule has 4 rings (SSSR count). The minimum Gasteiger partial charge on any atom is -0.461 e. The highest BCUT2D eigenvalue weighted by Crippen LogP contribution is 2.45. The fourth-order valence-corrected chi connectivity index (χ4v) is 3.40. The number of benzene rings is 2. The fourth-order valence-electron chi connectivity index (χ4n) is 3.40. The Hall–Kier alpha value is -2.80. The molecule has 0 saturated heterocycles. The first-order valence-corrected chi connectivity index (χ1v) is 8.34. The minimum absolute atomic E-state index is 0.370. The molecule has 0 amide bonds. The molecule has 2 aromatic rings. The van der Waals surface area contributed by atoms with Gasteiger partial charge in [-0.15, -0.1) is 0 Å². The van der Waals surface area contributed by atoms with Gasteiger partial charge >= 0.3 is 0 Å². The molecule has 1 heteroatoms. The Labute approximate surface area is 143 Å². The lowest BCUT2D eigenvalue weighted by atomic mass is 9.87. The van der Waals surface area contributed by atoms with Crippen LogP contribution in [0, 0.1) is 0 Å². The Morgan fingerprint density at radius 1 is 1.08 bits per heavy atom. The second kappa shape index (κ2) is 6.01. The predicted octanol–water partition coefficient (Wildman–Crippen LogP) is 6.04. The number of ether oxygens (including phenoxy) is 1. The zero-order valence-corrected chi connectivity index (χ0v) is 13.8. The summed E-state index contributed by atoms with van der Waals surface area (Å²) in [5.74, 6) is 2.43. The summed E-state index contributed by atoms with van der Waals surface area (Å²) in [6.07, 6.45) is 7.63. The molecule has 1 atom stereocenters. The van der Waals surface area contributed by atoms with Gasteiger partial charge in [-0.3, -0.25) is 0 Å². The van der Waals surface area contributed by atoms with Gasteiger partial charge in [-0.25, -0.2) is 0 Å². The molecule has 0 bridgehead atoms. The van der Waals surface area contributed by atoms with E-state index in [1.165, 1.54) is 16.7 Å². The van der Waals surface area contributed by atoms with Crippen LogP contribution in [0.25, 0.3) is 5.57 Å². The molecular formula is C23H20O. The molecular weight excluding hydrogens is 292 g/mol. The number of hydrogen-bond acceptors (Lipinski definition) is 1. The number of allylic oxidation sites excluding steroid dienone is 7. The molecule has 1 aliphatic heterocycles. The summed E-state index contributed by atoms with van der Waals surface area (Å²) in [5, 5.41) is 0. The molecule has 2 aliphatic rings. The average molecular weight is 312 g/mol.